The van der Waals surface area contributed by atoms with E-state index in [1.807, 2.05) is 0 Å². The van der Waals surface area contributed by atoms with Crippen molar-refractivity contribution in [2.45, 2.75) is 0 Å². The Bertz CT molecular complexity index is 1530. The third-order valence-corrected chi connectivity index (χ3v) is 7.53. The number of nitrogens with zero attached hydrogens (tertiary/aromatic N) is 4. The van der Waals surface area contributed by atoms with Crippen LogP contribution in [-0.4, -0.2) is 66.7 Å². The zero-order valence-corrected chi connectivity index (χ0v) is 26.9. The monoisotopic (exact) mass is 569 g/mol. The SMILES string of the molecule is CN(C)c1ccc(C(=C/C=C/C=C/C(=C2C=CC(=[N+](C)C)C=C2)c2ccc(N(C)C)cc2)c2ccc(N(C)C)cc2)cc1. The molecule has 0 atom stereocenters. The van der Waals surface area contributed by atoms with Gasteiger partial charge < -0.3 is 14.7 Å². The van der Waals surface area contributed by atoms with Crippen molar-refractivity contribution in [2.75, 3.05) is 71.1 Å². The van der Waals surface area contributed by atoms with Crippen LogP contribution in [0, 0.1) is 0 Å². The highest BCUT2D eigenvalue weighted by molar-refractivity contribution is 6.03. The van der Waals surface area contributed by atoms with Crippen molar-refractivity contribution in [1.82, 2.24) is 0 Å². The predicted molar refractivity (Wildman–Crippen MR) is 190 cm³/mol. The van der Waals surface area contributed by atoms with Gasteiger partial charge in [0.05, 0.1) is 0 Å². The maximum Gasteiger partial charge on any atom is 0.199 e. The molecule has 0 heterocycles. The third-order valence-electron chi connectivity index (χ3n) is 7.53. The zero-order chi connectivity index (χ0) is 30.9. The van der Waals surface area contributed by atoms with E-state index in [1.54, 1.807) is 0 Å². The third kappa shape index (κ3) is 8.14. The standard InChI is InChI=1S/C39H45N4/c1-40(2)34-22-14-30(15-23-34)38(31-16-24-35(25-17-31)41(3)4)12-10-9-11-13-39(32-18-26-36(27-19-32)42(5)6)33-20-28-37(29-21-33)43(7)8/h9-29H,1-8H3/q+1. The van der Waals surface area contributed by atoms with Crippen molar-refractivity contribution in [3.8, 4) is 0 Å². The van der Waals surface area contributed by atoms with Crippen LogP contribution in [0.25, 0.3) is 11.1 Å². The topological polar surface area (TPSA) is 12.7 Å². The molecule has 3 aromatic carbocycles. The lowest BCUT2D eigenvalue weighted by molar-refractivity contribution is -0.462. The van der Waals surface area contributed by atoms with E-state index in [4.69, 9.17) is 0 Å². The van der Waals surface area contributed by atoms with Gasteiger partial charge in [0.1, 0.15) is 14.1 Å². The minimum atomic E-state index is 1.18. The summed E-state index contributed by atoms with van der Waals surface area (Å²) in [6.45, 7) is 0. The summed E-state index contributed by atoms with van der Waals surface area (Å²) >= 11 is 0. The Hall–Kier alpha value is -4.83. The van der Waals surface area contributed by atoms with Gasteiger partial charge in [0.15, 0.2) is 5.71 Å². The number of hydrogen-bond donors (Lipinski definition) is 0. The van der Waals surface area contributed by atoms with Gasteiger partial charge in [-0.2, -0.15) is 0 Å². The molecule has 1 aliphatic carbocycles. The van der Waals surface area contributed by atoms with Gasteiger partial charge >= 0.3 is 0 Å². The molecule has 0 bridgehead atoms. The predicted octanol–water partition coefficient (Wildman–Crippen LogP) is 7.72. The van der Waals surface area contributed by atoms with Crippen molar-refractivity contribution in [1.29, 1.82) is 0 Å². The van der Waals surface area contributed by atoms with Gasteiger partial charge in [0, 0.05) is 71.5 Å². The fourth-order valence-corrected chi connectivity index (χ4v) is 4.84. The van der Waals surface area contributed by atoms with E-state index in [9.17, 15) is 0 Å². The van der Waals surface area contributed by atoms with Gasteiger partial charge in [-0.15, -0.1) is 0 Å². The lowest BCUT2D eigenvalue weighted by Gasteiger charge is -2.16. The number of allylic oxidation sites excluding steroid dienone is 11. The van der Waals surface area contributed by atoms with E-state index in [1.165, 1.54) is 56.2 Å². The van der Waals surface area contributed by atoms with Gasteiger partial charge in [-0.25, -0.2) is 4.58 Å². The summed E-state index contributed by atoms with van der Waals surface area (Å²) in [5.74, 6) is 0. The van der Waals surface area contributed by atoms with Crippen LogP contribution in [0.4, 0.5) is 17.1 Å². The van der Waals surface area contributed by atoms with Crippen LogP contribution in [0.15, 0.2) is 133 Å². The highest BCUT2D eigenvalue weighted by atomic mass is 15.1. The van der Waals surface area contributed by atoms with E-state index in [-0.39, 0.29) is 0 Å². The fourth-order valence-electron chi connectivity index (χ4n) is 4.84. The van der Waals surface area contributed by atoms with Crippen LogP contribution >= 0.6 is 0 Å². The summed E-state index contributed by atoms with van der Waals surface area (Å²) in [6.07, 6.45) is 19.5. The second kappa shape index (κ2) is 14.4. The largest absolute Gasteiger partial charge is 0.378 e. The molecule has 0 saturated carbocycles. The molecule has 0 saturated heterocycles. The van der Waals surface area contributed by atoms with Crippen LogP contribution in [0.5, 0.6) is 0 Å². The van der Waals surface area contributed by atoms with Crippen molar-refractivity contribution in [3.05, 3.63) is 150 Å². The minimum absolute atomic E-state index is 1.18. The Kier molecular flexibility index (Phi) is 10.4. The first-order valence-corrected chi connectivity index (χ1v) is 14.7. The van der Waals surface area contributed by atoms with Crippen LogP contribution in [-0.2, 0) is 0 Å². The van der Waals surface area contributed by atoms with Gasteiger partial charge in [-0.1, -0.05) is 66.8 Å². The Balaban J connectivity index is 1.68. The fraction of sp³-hybridized carbons (Fsp3) is 0.205. The molecule has 3 aromatic rings. The molecule has 0 N–H and O–H groups in total. The number of hydrogen-bond acceptors (Lipinski definition) is 3. The molecule has 4 heteroatoms. The number of anilines is 3. The molecule has 0 amide bonds. The van der Waals surface area contributed by atoms with Crippen molar-refractivity contribution >= 4 is 33.9 Å². The lowest BCUT2D eigenvalue weighted by atomic mass is 9.95. The lowest BCUT2D eigenvalue weighted by Crippen LogP contribution is -2.10. The quantitative estimate of drug-likeness (QED) is 0.193. The Morgan fingerprint density at radius 2 is 0.930 bits per heavy atom. The summed E-state index contributed by atoms with van der Waals surface area (Å²) in [6, 6.07) is 26.2. The molecule has 220 valence electrons. The molecule has 43 heavy (non-hydrogen) atoms. The number of benzene rings is 3. The zero-order valence-electron chi connectivity index (χ0n) is 26.9. The summed E-state index contributed by atoms with van der Waals surface area (Å²) in [4.78, 5) is 6.37. The van der Waals surface area contributed by atoms with Crippen LogP contribution in [0.1, 0.15) is 16.7 Å². The average Bonchev–Trinajstić information content (AvgIpc) is 3.01. The van der Waals surface area contributed by atoms with Gasteiger partial charge in [-0.3, -0.25) is 0 Å². The summed E-state index contributed by atoms with van der Waals surface area (Å²) in [5.41, 5.74) is 11.9. The first kappa shape index (κ1) is 31.1. The van der Waals surface area contributed by atoms with E-state index in [0.29, 0.717) is 0 Å². The van der Waals surface area contributed by atoms with Crippen molar-refractivity contribution in [3.63, 3.8) is 0 Å². The van der Waals surface area contributed by atoms with E-state index < -0.39 is 0 Å². The molecule has 0 unspecified atom stereocenters. The molecule has 0 fully saturated rings. The molecule has 0 spiro atoms. The van der Waals surface area contributed by atoms with E-state index in [0.717, 1.165) is 0 Å². The maximum absolute atomic E-state index is 2.21. The van der Waals surface area contributed by atoms with E-state index in [2.05, 4.69) is 203 Å². The average molecular weight is 570 g/mol. The van der Waals surface area contributed by atoms with Gasteiger partial charge in [0.2, 0.25) is 0 Å². The summed E-state index contributed by atoms with van der Waals surface area (Å²) < 4.78 is 2.12. The van der Waals surface area contributed by atoms with Crippen molar-refractivity contribution in [2.24, 2.45) is 0 Å². The summed E-state index contributed by atoms with van der Waals surface area (Å²) in [7, 11) is 16.5. The molecule has 4 nitrogen and oxygen atoms in total. The van der Waals surface area contributed by atoms with Crippen LogP contribution in [0.2, 0.25) is 0 Å². The molecule has 0 aliphatic heterocycles. The van der Waals surface area contributed by atoms with Gasteiger partial charge in [-0.05, 0) is 82.0 Å². The molecule has 4 rings (SSSR count). The molecule has 0 radical (unpaired) electrons. The Labute approximate surface area is 258 Å². The summed E-state index contributed by atoms with van der Waals surface area (Å²) in [5, 5.41) is 0. The molecule has 1 aliphatic rings. The van der Waals surface area contributed by atoms with Crippen LogP contribution < -0.4 is 14.7 Å². The highest BCUT2D eigenvalue weighted by Crippen LogP contribution is 2.28. The van der Waals surface area contributed by atoms with Gasteiger partial charge in [0.25, 0.3) is 0 Å². The minimum Gasteiger partial charge on any atom is -0.378 e. The Morgan fingerprint density at radius 3 is 1.33 bits per heavy atom. The van der Waals surface area contributed by atoms with Crippen molar-refractivity contribution < 1.29 is 4.58 Å². The molecular formula is C39H45N4+. The first-order valence-electron chi connectivity index (χ1n) is 14.7. The van der Waals surface area contributed by atoms with Crippen LogP contribution in [0.3, 0.4) is 0 Å². The first-order chi connectivity index (χ1) is 20.6. The maximum atomic E-state index is 2.21. The highest BCUT2D eigenvalue weighted by Gasteiger charge is 2.10. The second-order valence-electron chi connectivity index (χ2n) is 11.5. The normalized spacial score (nSPS) is 12.7. The molecular weight excluding hydrogens is 524 g/mol. The second-order valence-corrected chi connectivity index (χ2v) is 11.5. The Morgan fingerprint density at radius 1 is 0.512 bits per heavy atom. The molecule has 0 aromatic heterocycles. The number of rotatable bonds is 9. The smallest absolute Gasteiger partial charge is 0.199 e. The van der Waals surface area contributed by atoms with E-state index >= 15 is 0 Å².